The lowest BCUT2D eigenvalue weighted by Crippen LogP contribution is -2.13. The van der Waals surface area contributed by atoms with Gasteiger partial charge in [-0.15, -0.1) is 0 Å². The van der Waals surface area contributed by atoms with E-state index in [2.05, 4.69) is 10.3 Å². The fraction of sp³-hybridized carbons (Fsp3) is 0.0417. The van der Waals surface area contributed by atoms with Crippen LogP contribution in [0.15, 0.2) is 72.9 Å². The number of fused-ring (bicyclic) bond motifs is 2. The van der Waals surface area contributed by atoms with E-state index in [-0.39, 0.29) is 18.3 Å². The summed E-state index contributed by atoms with van der Waals surface area (Å²) in [5.74, 6) is 0.0242. The predicted octanol–water partition coefficient (Wildman–Crippen LogP) is 4.58. The molecule has 0 saturated heterocycles. The summed E-state index contributed by atoms with van der Waals surface area (Å²) < 4.78 is 10.8. The maximum absolute atomic E-state index is 13.1. The molecule has 0 radical (unpaired) electrons. The van der Waals surface area contributed by atoms with Crippen LogP contribution in [-0.4, -0.2) is 28.8 Å². The van der Waals surface area contributed by atoms with E-state index in [4.69, 9.17) is 14.6 Å². The predicted molar refractivity (Wildman–Crippen MR) is 115 cm³/mol. The van der Waals surface area contributed by atoms with Gasteiger partial charge < -0.3 is 19.9 Å². The summed E-state index contributed by atoms with van der Waals surface area (Å²) in [7, 11) is 0. The van der Waals surface area contributed by atoms with Crippen molar-refractivity contribution in [3.63, 3.8) is 0 Å². The van der Waals surface area contributed by atoms with E-state index in [1.54, 1.807) is 36.4 Å². The number of nitrogens with zero attached hydrogens (tertiary/aromatic N) is 1. The molecule has 0 saturated carbocycles. The second kappa shape index (κ2) is 7.46. The van der Waals surface area contributed by atoms with Crippen LogP contribution in [0.25, 0.3) is 22.0 Å². The summed E-state index contributed by atoms with van der Waals surface area (Å²) in [6, 6.07) is 19.6. The summed E-state index contributed by atoms with van der Waals surface area (Å²) >= 11 is 0. The van der Waals surface area contributed by atoms with Gasteiger partial charge in [-0.1, -0.05) is 30.3 Å². The minimum Gasteiger partial charge on any atom is -0.478 e. The van der Waals surface area contributed by atoms with Crippen molar-refractivity contribution in [1.29, 1.82) is 0 Å². The first-order valence-corrected chi connectivity index (χ1v) is 9.52. The Labute approximate surface area is 176 Å². The van der Waals surface area contributed by atoms with Crippen LogP contribution >= 0.6 is 0 Å². The van der Waals surface area contributed by atoms with E-state index in [0.717, 1.165) is 11.1 Å². The van der Waals surface area contributed by atoms with Crippen LogP contribution in [0.1, 0.15) is 20.7 Å². The van der Waals surface area contributed by atoms with Crippen LogP contribution in [-0.2, 0) is 0 Å². The van der Waals surface area contributed by atoms with Gasteiger partial charge in [-0.3, -0.25) is 9.78 Å². The number of carbonyl (C=O) groups excluding carboxylic acids is 1. The highest BCUT2D eigenvalue weighted by molar-refractivity contribution is 6.09. The second-order valence-corrected chi connectivity index (χ2v) is 7.00. The summed E-state index contributed by atoms with van der Waals surface area (Å²) in [6.45, 7) is 0.185. The Bertz CT molecular complexity index is 1350. The van der Waals surface area contributed by atoms with Crippen LogP contribution in [0.4, 0.5) is 5.69 Å². The molecule has 0 unspecified atom stereocenters. The molecule has 1 aliphatic rings. The first-order chi connectivity index (χ1) is 15.1. The van der Waals surface area contributed by atoms with Crippen molar-refractivity contribution in [2.75, 3.05) is 12.1 Å². The first-order valence-electron chi connectivity index (χ1n) is 9.52. The fourth-order valence-electron chi connectivity index (χ4n) is 3.51. The third-order valence-corrected chi connectivity index (χ3v) is 5.04. The SMILES string of the molecule is O=C(O)c1cnc2cc(NC(=O)c3ccccc3-c3ccc4c(c3)OCO4)ccc2c1. The normalized spacial score (nSPS) is 12.0. The molecule has 1 amide bonds. The zero-order chi connectivity index (χ0) is 21.4. The third kappa shape index (κ3) is 3.53. The van der Waals surface area contributed by atoms with Crippen LogP contribution in [0.2, 0.25) is 0 Å². The molecule has 2 heterocycles. The number of amides is 1. The molecule has 2 N–H and O–H groups in total. The minimum absolute atomic E-state index is 0.113. The Kier molecular flexibility index (Phi) is 4.48. The molecule has 7 nitrogen and oxygen atoms in total. The minimum atomic E-state index is -1.04. The molecule has 0 atom stereocenters. The van der Waals surface area contributed by atoms with E-state index in [1.807, 2.05) is 30.3 Å². The van der Waals surface area contributed by atoms with E-state index < -0.39 is 5.97 Å². The van der Waals surface area contributed by atoms with Crippen LogP contribution in [0.5, 0.6) is 11.5 Å². The topological polar surface area (TPSA) is 97.8 Å². The number of benzene rings is 3. The number of aromatic carboxylic acids is 1. The zero-order valence-corrected chi connectivity index (χ0v) is 16.2. The number of carboxylic acids is 1. The largest absolute Gasteiger partial charge is 0.478 e. The number of hydrogen-bond acceptors (Lipinski definition) is 5. The van der Waals surface area contributed by atoms with Crippen molar-refractivity contribution >= 4 is 28.5 Å². The summed E-state index contributed by atoms with van der Waals surface area (Å²) in [4.78, 5) is 28.4. The van der Waals surface area contributed by atoms with Crippen LogP contribution < -0.4 is 14.8 Å². The maximum atomic E-state index is 13.1. The molecule has 7 heteroatoms. The monoisotopic (exact) mass is 412 g/mol. The summed E-state index contributed by atoms with van der Waals surface area (Å²) in [5, 5.41) is 12.7. The Hall–Kier alpha value is -4.39. The number of hydrogen-bond donors (Lipinski definition) is 2. The zero-order valence-electron chi connectivity index (χ0n) is 16.2. The number of pyridine rings is 1. The smallest absolute Gasteiger partial charge is 0.337 e. The van der Waals surface area contributed by atoms with Gasteiger partial charge in [-0.05, 0) is 47.5 Å². The highest BCUT2D eigenvalue weighted by Gasteiger charge is 2.17. The molecule has 0 bridgehead atoms. The van der Waals surface area contributed by atoms with Crippen molar-refractivity contribution in [1.82, 2.24) is 4.98 Å². The van der Waals surface area contributed by atoms with E-state index >= 15 is 0 Å². The maximum Gasteiger partial charge on any atom is 0.337 e. The number of nitrogens with one attached hydrogen (secondary N) is 1. The number of carboxylic acid groups (broad SMARTS) is 1. The average molecular weight is 412 g/mol. The molecule has 3 aromatic carbocycles. The Balaban J connectivity index is 1.45. The van der Waals surface area contributed by atoms with Gasteiger partial charge in [0.05, 0.1) is 11.1 Å². The van der Waals surface area contributed by atoms with Crippen molar-refractivity contribution in [3.05, 3.63) is 84.1 Å². The number of carbonyl (C=O) groups is 2. The van der Waals surface area contributed by atoms with Crippen molar-refractivity contribution in [3.8, 4) is 22.6 Å². The van der Waals surface area contributed by atoms with E-state index in [9.17, 15) is 9.59 Å². The van der Waals surface area contributed by atoms with Crippen LogP contribution in [0, 0.1) is 0 Å². The van der Waals surface area contributed by atoms with Gasteiger partial charge in [-0.2, -0.15) is 0 Å². The molecule has 0 fully saturated rings. The van der Waals surface area contributed by atoms with Gasteiger partial charge in [0.2, 0.25) is 6.79 Å². The van der Waals surface area contributed by atoms with Gasteiger partial charge in [-0.25, -0.2) is 4.79 Å². The lowest BCUT2D eigenvalue weighted by Gasteiger charge is -2.11. The molecule has 0 spiro atoms. The third-order valence-electron chi connectivity index (χ3n) is 5.04. The van der Waals surface area contributed by atoms with Crippen molar-refractivity contribution in [2.24, 2.45) is 0 Å². The van der Waals surface area contributed by atoms with E-state index in [1.165, 1.54) is 6.20 Å². The average Bonchev–Trinajstić information content (AvgIpc) is 3.26. The van der Waals surface area contributed by atoms with Gasteiger partial charge in [0, 0.05) is 22.8 Å². The van der Waals surface area contributed by atoms with E-state index in [0.29, 0.717) is 33.7 Å². The standard InChI is InChI=1S/C24H16N2O5/c27-23(26-17-7-5-15-9-16(24(28)29)12-25-20(15)11-17)19-4-2-1-3-18(19)14-6-8-21-22(10-14)31-13-30-21/h1-12H,13H2,(H,26,27)(H,28,29). The highest BCUT2D eigenvalue weighted by Crippen LogP contribution is 2.37. The molecule has 152 valence electrons. The fourth-order valence-corrected chi connectivity index (χ4v) is 3.51. The second-order valence-electron chi connectivity index (χ2n) is 7.00. The Morgan fingerprint density at radius 3 is 2.65 bits per heavy atom. The van der Waals surface area contributed by atoms with Gasteiger partial charge >= 0.3 is 5.97 Å². The summed E-state index contributed by atoms with van der Waals surface area (Å²) in [6.07, 6.45) is 1.30. The number of rotatable bonds is 4. The molecular formula is C24H16N2O5. The van der Waals surface area contributed by atoms with Gasteiger partial charge in [0.1, 0.15) is 0 Å². The first kappa shape index (κ1) is 18.6. The molecular weight excluding hydrogens is 396 g/mol. The Morgan fingerprint density at radius 1 is 0.935 bits per heavy atom. The highest BCUT2D eigenvalue weighted by atomic mass is 16.7. The molecule has 0 aliphatic carbocycles. The lowest BCUT2D eigenvalue weighted by molar-refractivity contribution is 0.0696. The molecule has 5 rings (SSSR count). The van der Waals surface area contributed by atoms with Crippen LogP contribution in [0.3, 0.4) is 0 Å². The number of ether oxygens (including phenoxy) is 2. The quantitative estimate of drug-likeness (QED) is 0.509. The lowest BCUT2D eigenvalue weighted by atomic mass is 9.98. The molecule has 1 aromatic heterocycles. The van der Waals surface area contributed by atoms with Gasteiger partial charge in [0.15, 0.2) is 11.5 Å². The molecule has 31 heavy (non-hydrogen) atoms. The summed E-state index contributed by atoms with van der Waals surface area (Å²) in [5.41, 5.74) is 3.39. The molecule has 4 aromatic rings. The Morgan fingerprint density at radius 2 is 1.77 bits per heavy atom. The van der Waals surface area contributed by atoms with Crippen molar-refractivity contribution < 1.29 is 24.2 Å². The van der Waals surface area contributed by atoms with Crippen molar-refractivity contribution in [2.45, 2.75) is 0 Å². The number of anilines is 1. The van der Waals surface area contributed by atoms with Gasteiger partial charge in [0.25, 0.3) is 5.91 Å². The molecule has 1 aliphatic heterocycles. The number of aromatic nitrogens is 1.